The molecule has 0 bridgehead atoms. The monoisotopic (exact) mass is 281 g/mol. The van der Waals surface area contributed by atoms with Gasteiger partial charge in [-0.1, -0.05) is 12.1 Å². The molecule has 1 aromatic heterocycles. The Hall–Kier alpha value is -2.37. The number of ether oxygens (including phenoxy) is 1. The van der Waals surface area contributed by atoms with Crippen molar-refractivity contribution >= 4 is 6.29 Å². The van der Waals surface area contributed by atoms with Crippen LogP contribution in [0.4, 0.5) is 13.2 Å². The van der Waals surface area contributed by atoms with E-state index in [1.54, 1.807) is 6.92 Å². The molecule has 104 valence electrons. The first-order valence-corrected chi connectivity index (χ1v) is 5.67. The van der Waals surface area contributed by atoms with E-state index in [0.29, 0.717) is 17.4 Å². The molecule has 1 heterocycles. The minimum atomic E-state index is -4.51. The molecule has 0 atom stereocenters. The van der Waals surface area contributed by atoms with Gasteiger partial charge in [-0.05, 0) is 25.1 Å². The van der Waals surface area contributed by atoms with Gasteiger partial charge >= 0.3 is 6.18 Å². The molecule has 20 heavy (non-hydrogen) atoms. The predicted molar refractivity (Wildman–Crippen MR) is 65.9 cm³/mol. The van der Waals surface area contributed by atoms with Gasteiger partial charge in [0.25, 0.3) is 0 Å². The average molecular weight is 281 g/mol. The minimum absolute atomic E-state index is 0.0345. The second-order valence-corrected chi connectivity index (χ2v) is 4.10. The van der Waals surface area contributed by atoms with Gasteiger partial charge < -0.3 is 4.74 Å². The van der Waals surface area contributed by atoms with Gasteiger partial charge in [-0.15, -0.1) is 0 Å². The number of benzene rings is 1. The van der Waals surface area contributed by atoms with Crippen LogP contribution in [0.5, 0.6) is 11.6 Å². The first kappa shape index (κ1) is 14.0. The highest BCUT2D eigenvalue weighted by Crippen LogP contribution is 2.37. The molecule has 0 aliphatic rings. The van der Waals surface area contributed by atoms with Gasteiger partial charge in [0.2, 0.25) is 5.88 Å². The lowest BCUT2D eigenvalue weighted by molar-refractivity contribution is -0.138. The summed E-state index contributed by atoms with van der Waals surface area (Å²) in [4.78, 5) is 14.4. The van der Waals surface area contributed by atoms with Crippen molar-refractivity contribution in [2.75, 3.05) is 0 Å². The van der Waals surface area contributed by atoms with Crippen molar-refractivity contribution in [3.05, 3.63) is 53.2 Å². The van der Waals surface area contributed by atoms with E-state index in [0.717, 1.165) is 6.07 Å². The van der Waals surface area contributed by atoms with Crippen molar-refractivity contribution in [2.45, 2.75) is 13.1 Å². The Morgan fingerprint density at radius 3 is 2.55 bits per heavy atom. The van der Waals surface area contributed by atoms with Gasteiger partial charge in [-0.3, -0.25) is 4.79 Å². The van der Waals surface area contributed by atoms with E-state index in [2.05, 4.69) is 4.98 Å². The fourth-order valence-electron chi connectivity index (χ4n) is 1.65. The van der Waals surface area contributed by atoms with Gasteiger partial charge in [-0.25, -0.2) is 4.98 Å². The summed E-state index contributed by atoms with van der Waals surface area (Å²) >= 11 is 0. The Balaban J connectivity index is 2.38. The van der Waals surface area contributed by atoms with Crippen LogP contribution in [0.15, 0.2) is 36.5 Å². The molecular weight excluding hydrogens is 271 g/mol. The Kier molecular flexibility index (Phi) is 3.74. The van der Waals surface area contributed by atoms with Gasteiger partial charge in [0.1, 0.15) is 5.75 Å². The van der Waals surface area contributed by atoms with Crippen molar-refractivity contribution in [1.82, 2.24) is 4.98 Å². The largest absolute Gasteiger partial charge is 0.438 e. The van der Waals surface area contributed by atoms with E-state index in [-0.39, 0.29) is 11.6 Å². The van der Waals surface area contributed by atoms with Gasteiger partial charge in [0.05, 0.1) is 5.56 Å². The lowest BCUT2D eigenvalue weighted by Gasteiger charge is -2.13. The van der Waals surface area contributed by atoms with Crippen molar-refractivity contribution in [1.29, 1.82) is 0 Å². The predicted octanol–water partition coefficient (Wildman–Crippen LogP) is 4.01. The van der Waals surface area contributed by atoms with Crippen molar-refractivity contribution in [3.63, 3.8) is 0 Å². The number of para-hydroxylation sites is 1. The summed E-state index contributed by atoms with van der Waals surface area (Å²) in [6.45, 7) is 1.60. The maximum absolute atomic E-state index is 12.8. The lowest BCUT2D eigenvalue weighted by Crippen LogP contribution is -2.07. The van der Waals surface area contributed by atoms with Crippen molar-refractivity contribution in [3.8, 4) is 11.6 Å². The third-order valence-corrected chi connectivity index (χ3v) is 2.59. The average Bonchev–Trinajstić information content (AvgIpc) is 2.40. The van der Waals surface area contributed by atoms with Crippen LogP contribution in [0.1, 0.15) is 21.5 Å². The summed E-state index contributed by atoms with van der Waals surface area (Å²) in [5.41, 5.74) is -0.0637. The van der Waals surface area contributed by atoms with Crippen LogP contribution in [-0.4, -0.2) is 11.3 Å². The summed E-state index contributed by atoms with van der Waals surface area (Å²) in [5, 5.41) is 0. The van der Waals surface area contributed by atoms with Gasteiger partial charge in [0, 0.05) is 17.3 Å². The number of nitrogens with zero attached hydrogens (tertiary/aromatic N) is 1. The third-order valence-electron chi connectivity index (χ3n) is 2.59. The number of aryl methyl sites for hydroxylation is 1. The van der Waals surface area contributed by atoms with Crippen molar-refractivity contribution < 1.29 is 22.7 Å². The molecule has 0 unspecified atom stereocenters. The molecule has 0 saturated heterocycles. The van der Waals surface area contributed by atoms with Gasteiger partial charge in [-0.2, -0.15) is 13.2 Å². The molecule has 0 aliphatic heterocycles. The Morgan fingerprint density at radius 1 is 1.25 bits per heavy atom. The van der Waals surface area contributed by atoms with Crippen LogP contribution in [0, 0.1) is 6.92 Å². The van der Waals surface area contributed by atoms with Crippen LogP contribution in [0.25, 0.3) is 0 Å². The number of aromatic nitrogens is 1. The fourth-order valence-corrected chi connectivity index (χ4v) is 1.65. The van der Waals surface area contributed by atoms with Crippen LogP contribution in [-0.2, 0) is 6.18 Å². The highest BCUT2D eigenvalue weighted by atomic mass is 19.4. The maximum atomic E-state index is 12.8. The number of hydrogen-bond donors (Lipinski definition) is 0. The molecule has 0 fully saturated rings. The minimum Gasteiger partial charge on any atom is -0.438 e. The first-order valence-electron chi connectivity index (χ1n) is 5.67. The van der Waals surface area contributed by atoms with E-state index in [1.807, 2.05) is 0 Å². The maximum Gasteiger partial charge on any atom is 0.419 e. The molecule has 0 saturated carbocycles. The third kappa shape index (κ3) is 2.96. The number of halogens is 3. The van der Waals surface area contributed by atoms with Crippen molar-refractivity contribution in [2.24, 2.45) is 0 Å². The molecule has 1 aromatic carbocycles. The van der Waals surface area contributed by atoms with Crippen LogP contribution < -0.4 is 4.74 Å². The Morgan fingerprint density at radius 2 is 1.95 bits per heavy atom. The molecule has 0 amide bonds. The Labute approximate surface area is 113 Å². The molecule has 0 radical (unpaired) electrons. The number of alkyl halides is 3. The number of carbonyl (C=O) groups excluding carboxylic acids is 1. The second kappa shape index (κ2) is 5.32. The molecule has 2 rings (SSSR count). The highest BCUT2D eigenvalue weighted by Gasteiger charge is 2.34. The molecule has 2 aromatic rings. The summed E-state index contributed by atoms with van der Waals surface area (Å²) in [7, 11) is 0. The standard InChI is InChI=1S/C14H10F3NO2/c1-9-6-10(8-19)7-18-13(9)20-12-5-3-2-4-11(12)14(15,16)17/h2-8H,1H3. The smallest absolute Gasteiger partial charge is 0.419 e. The van der Waals surface area contributed by atoms with E-state index in [1.165, 1.54) is 30.5 Å². The molecule has 3 nitrogen and oxygen atoms in total. The number of rotatable bonds is 3. The zero-order valence-corrected chi connectivity index (χ0v) is 10.4. The number of carbonyl (C=O) groups is 1. The first-order chi connectivity index (χ1) is 9.41. The SMILES string of the molecule is Cc1cc(C=O)cnc1Oc1ccccc1C(F)(F)F. The summed E-state index contributed by atoms with van der Waals surface area (Å²) in [6.07, 6.45) is -2.66. The van der Waals surface area contributed by atoms with E-state index in [9.17, 15) is 18.0 Å². The summed E-state index contributed by atoms with van der Waals surface area (Å²) in [6, 6.07) is 6.37. The van der Waals surface area contributed by atoms with Crippen LogP contribution in [0.3, 0.4) is 0 Å². The number of aldehydes is 1. The fraction of sp³-hybridized carbons (Fsp3) is 0.143. The number of hydrogen-bond acceptors (Lipinski definition) is 3. The zero-order chi connectivity index (χ0) is 14.8. The molecule has 0 spiro atoms. The molecule has 6 heteroatoms. The number of pyridine rings is 1. The normalized spacial score (nSPS) is 11.2. The van der Waals surface area contributed by atoms with E-state index >= 15 is 0 Å². The molecular formula is C14H10F3NO2. The quantitative estimate of drug-likeness (QED) is 0.798. The second-order valence-electron chi connectivity index (χ2n) is 4.10. The van der Waals surface area contributed by atoms with E-state index < -0.39 is 11.7 Å². The lowest BCUT2D eigenvalue weighted by atomic mass is 10.2. The van der Waals surface area contributed by atoms with Crippen LogP contribution in [0.2, 0.25) is 0 Å². The topological polar surface area (TPSA) is 39.2 Å². The Bertz CT molecular complexity index is 639. The highest BCUT2D eigenvalue weighted by molar-refractivity contribution is 5.74. The zero-order valence-electron chi connectivity index (χ0n) is 10.4. The van der Waals surface area contributed by atoms with E-state index in [4.69, 9.17) is 4.74 Å². The molecule has 0 aliphatic carbocycles. The van der Waals surface area contributed by atoms with Crippen LogP contribution >= 0.6 is 0 Å². The summed E-state index contributed by atoms with van der Waals surface area (Å²) < 4.78 is 43.7. The van der Waals surface area contributed by atoms with Gasteiger partial charge in [0.15, 0.2) is 6.29 Å². The molecule has 0 N–H and O–H groups in total. The summed E-state index contributed by atoms with van der Waals surface area (Å²) in [5.74, 6) is -0.290.